The number of hydrogen-bond donors (Lipinski definition) is 1. The van der Waals surface area contributed by atoms with Crippen LogP contribution in [-0.4, -0.2) is 11.5 Å². The number of halogens is 1. The molecule has 0 aliphatic carbocycles. The molecule has 1 N–H and O–H groups in total. The molecule has 0 fully saturated rings. The summed E-state index contributed by atoms with van der Waals surface area (Å²) in [6.07, 6.45) is 1.09. The van der Waals surface area contributed by atoms with Crippen molar-refractivity contribution in [3.63, 3.8) is 0 Å². The Morgan fingerprint density at radius 2 is 2.26 bits per heavy atom. The molecule has 0 radical (unpaired) electrons. The number of aromatic nitrogens is 1. The molecule has 3 heterocycles. The fraction of sp³-hybridized carbons (Fsp3) is 0.214. The molecule has 19 heavy (non-hydrogen) atoms. The summed E-state index contributed by atoms with van der Waals surface area (Å²) < 4.78 is 14.2. The highest BCUT2D eigenvalue weighted by molar-refractivity contribution is 7.18. The Balaban J connectivity index is 1.83. The number of fused-ring (bicyclic) bond motifs is 2. The third kappa shape index (κ3) is 1.89. The molecule has 2 aromatic heterocycles. The van der Waals surface area contributed by atoms with Crippen LogP contribution in [-0.2, 0) is 6.42 Å². The van der Waals surface area contributed by atoms with Crippen LogP contribution in [0.1, 0.15) is 21.5 Å². The highest BCUT2D eigenvalue weighted by atomic mass is 32.1. The van der Waals surface area contributed by atoms with Gasteiger partial charge in [0.1, 0.15) is 10.8 Å². The minimum absolute atomic E-state index is 0.162. The van der Waals surface area contributed by atoms with Gasteiger partial charge in [-0.15, -0.1) is 22.7 Å². The zero-order valence-electron chi connectivity index (χ0n) is 10.0. The first-order chi connectivity index (χ1) is 9.31. The lowest BCUT2D eigenvalue weighted by molar-refractivity contribution is 0.573. The summed E-state index contributed by atoms with van der Waals surface area (Å²) in [7, 11) is 0. The van der Waals surface area contributed by atoms with E-state index in [1.54, 1.807) is 23.5 Å². The number of benzene rings is 1. The summed E-state index contributed by atoms with van der Waals surface area (Å²) in [5, 5.41) is 6.68. The minimum atomic E-state index is -0.199. The van der Waals surface area contributed by atoms with Crippen molar-refractivity contribution < 1.29 is 4.39 Å². The molecular weight excluding hydrogens is 279 g/mol. The monoisotopic (exact) mass is 290 g/mol. The summed E-state index contributed by atoms with van der Waals surface area (Å²) >= 11 is 3.39. The molecule has 0 saturated carbocycles. The second kappa shape index (κ2) is 4.37. The average Bonchev–Trinajstić information content (AvgIpc) is 3.03. The van der Waals surface area contributed by atoms with Gasteiger partial charge in [-0.2, -0.15) is 0 Å². The zero-order chi connectivity index (χ0) is 12.8. The van der Waals surface area contributed by atoms with Crippen molar-refractivity contribution in [2.75, 3.05) is 6.54 Å². The molecule has 4 rings (SSSR count). The molecule has 5 heteroatoms. The van der Waals surface area contributed by atoms with E-state index in [4.69, 9.17) is 0 Å². The van der Waals surface area contributed by atoms with E-state index in [9.17, 15) is 4.39 Å². The van der Waals surface area contributed by atoms with Gasteiger partial charge in [0.2, 0.25) is 0 Å². The van der Waals surface area contributed by atoms with Crippen molar-refractivity contribution in [2.24, 2.45) is 0 Å². The van der Waals surface area contributed by atoms with Gasteiger partial charge in [0.05, 0.1) is 16.3 Å². The van der Waals surface area contributed by atoms with E-state index in [1.165, 1.54) is 16.5 Å². The van der Waals surface area contributed by atoms with Crippen molar-refractivity contribution in [1.29, 1.82) is 0 Å². The first kappa shape index (κ1) is 11.5. The lowest BCUT2D eigenvalue weighted by atomic mass is 10.0. The minimum Gasteiger partial charge on any atom is -0.304 e. The molecule has 1 aliphatic heterocycles. The van der Waals surface area contributed by atoms with Crippen LogP contribution in [0.25, 0.3) is 10.2 Å². The number of rotatable bonds is 1. The fourth-order valence-corrected chi connectivity index (χ4v) is 4.52. The molecule has 0 bridgehead atoms. The number of thiophene rings is 1. The smallest absolute Gasteiger partial charge is 0.124 e. The van der Waals surface area contributed by atoms with Crippen molar-refractivity contribution in [3.8, 4) is 0 Å². The Morgan fingerprint density at radius 1 is 1.32 bits per heavy atom. The van der Waals surface area contributed by atoms with E-state index in [-0.39, 0.29) is 11.9 Å². The van der Waals surface area contributed by atoms with Gasteiger partial charge in [-0.05, 0) is 41.6 Å². The lowest BCUT2D eigenvalue weighted by Gasteiger charge is -2.22. The summed E-state index contributed by atoms with van der Waals surface area (Å²) in [6.45, 7) is 0.975. The second-order valence-electron chi connectivity index (χ2n) is 4.60. The first-order valence-electron chi connectivity index (χ1n) is 6.17. The normalized spacial score (nSPS) is 18.7. The molecule has 1 unspecified atom stereocenters. The van der Waals surface area contributed by atoms with E-state index in [1.807, 2.05) is 11.3 Å². The van der Waals surface area contributed by atoms with Gasteiger partial charge in [-0.1, -0.05) is 0 Å². The quantitative estimate of drug-likeness (QED) is 0.738. The van der Waals surface area contributed by atoms with Crippen molar-refractivity contribution in [1.82, 2.24) is 10.3 Å². The standard InChI is InChI=1S/C14H11FN2S2/c15-8-1-2-10-12(7-8)19-14(17-10)13-9-4-6-18-11(9)3-5-16-13/h1-2,4,6-7,13,16H,3,5H2. The summed E-state index contributed by atoms with van der Waals surface area (Å²) in [4.78, 5) is 6.09. The van der Waals surface area contributed by atoms with E-state index in [2.05, 4.69) is 21.7 Å². The molecule has 96 valence electrons. The average molecular weight is 290 g/mol. The van der Waals surface area contributed by atoms with Gasteiger partial charge < -0.3 is 5.32 Å². The van der Waals surface area contributed by atoms with Gasteiger partial charge in [0.25, 0.3) is 0 Å². The van der Waals surface area contributed by atoms with Crippen LogP contribution in [0, 0.1) is 5.82 Å². The van der Waals surface area contributed by atoms with E-state index in [0.29, 0.717) is 0 Å². The van der Waals surface area contributed by atoms with Crippen LogP contribution in [0.5, 0.6) is 0 Å². The summed E-state index contributed by atoms with van der Waals surface area (Å²) in [5.74, 6) is -0.199. The van der Waals surface area contributed by atoms with Crippen LogP contribution in [0.15, 0.2) is 29.6 Å². The number of hydrogen-bond acceptors (Lipinski definition) is 4. The second-order valence-corrected chi connectivity index (χ2v) is 6.66. The van der Waals surface area contributed by atoms with E-state index in [0.717, 1.165) is 28.2 Å². The van der Waals surface area contributed by atoms with Gasteiger partial charge in [0, 0.05) is 11.4 Å². The Morgan fingerprint density at radius 3 is 3.21 bits per heavy atom. The molecule has 1 atom stereocenters. The van der Waals surface area contributed by atoms with E-state index < -0.39 is 0 Å². The molecule has 3 aromatic rings. The van der Waals surface area contributed by atoms with Gasteiger partial charge >= 0.3 is 0 Å². The topological polar surface area (TPSA) is 24.9 Å². The Labute approximate surface area is 117 Å². The molecule has 0 spiro atoms. The first-order valence-corrected chi connectivity index (χ1v) is 7.86. The third-order valence-corrected chi connectivity index (χ3v) is 5.48. The Hall–Kier alpha value is -1.30. The maximum atomic E-state index is 13.2. The predicted molar refractivity (Wildman–Crippen MR) is 77.4 cm³/mol. The SMILES string of the molecule is Fc1ccc2nc(C3NCCc4sccc43)sc2c1. The number of thiazole rings is 1. The highest BCUT2D eigenvalue weighted by Gasteiger charge is 2.24. The van der Waals surface area contributed by atoms with Crippen molar-refractivity contribution >= 4 is 32.9 Å². The van der Waals surface area contributed by atoms with E-state index >= 15 is 0 Å². The zero-order valence-corrected chi connectivity index (χ0v) is 11.7. The van der Waals surface area contributed by atoms with Crippen molar-refractivity contribution in [2.45, 2.75) is 12.5 Å². The Bertz CT molecular complexity index is 747. The maximum absolute atomic E-state index is 13.2. The molecule has 1 aliphatic rings. The molecular formula is C14H11FN2S2. The molecule has 1 aromatic carbocycles. The van der Waals surface area contributed by atoms with Crippen LogP contribution < -0.4 is 5.32 Å². The van der Waals surface area contributed by atoms with Crippen LogP contribution >= 0.6 is 22.7 Å². The van der Waals surface area contributed by atoms with Crippen molar-refractivity contribution in [3.05, 3.63) is 50.9 Å². The summed E-state index contributed by atoms with van der Waals surface area (Å²) in [6, 6.07) is 7.12. The van der Waals surface area contributed by atoms with Gasteiger partial charge in [-0.3, -0.25) is 0 Å². The van der Waals surface area contributed by atoms with Gasteiger partial charge in [-0.25, -0.2) is 9.37 Å². The van der Waals surface area contributed by atoms with Crippen LogP contribution in [0.4, 0.5) is 4.39 Å². The largest absolute Gasteiger partial charge is 0.304 e. The van der Waals surface area contributed by atoms with Gasteiger partial charge in [0.15, 0.2) is 0 Å². The molecule has 0 amide bonds. The lowest BCUT2D eigenvalue weighted by Crippen LogP contribution is -2.29. The third-order valence-electron chi connectivity index (χ3n) is 3.41. The van der Waals surface area contributed by atoms with Crippen LogP contribution in [0.2, 0.25) is 0 Å². The fourth-order valence-electron chi connectivity index (χ4n) is 2.51. The number of nitrogens with one attached hydrogen (secondary N) is 1. The highest BCUT2D eigenvalue weighted by Crippen LogP contribution is 2.35. The summed E-state index contributed by atoms with van der Waals surface area (Å²) in [5.41, 5.74) is 2.21. The molecule has 0 saturated heterocycles. The maximum Gasteiger partial charge on any atom is 0.124 e. The number of nitrogens with zero attached hydrogens (tertiary/aromatic N) is 1. The Kier molecular flexibility index (Phi) is 2.65. The van der Waals surface area contributed by atoms with Crippen LogP contribution in [0.3, 0.4) is 0 Å². The predicted octanol–water partition coefficient (Wildman–Crippen LogP) is 3.73. The molecule has 2 nitrogen and oxygen atoms in total.